The minimum Gasteiger partial charge on any atom is -0.370 e. The van der Waals surface area contributed by atoms with Crippen LogP contribution in [0.5, 0.6) is 0 Å². The largest absolute Gasteiger partial charge is 0.370 e. The Balaban J connectivity index is 1.45. The van der Waals surface area contributed by atoms with Crippen molar-refractivity contribution in [3.05, 3.63) is 54.1 Å². The molecule has 6 nitrogen and oxygen atoms in total. The molecular formula is C18H21N5O. The average molecular weight is 323 g/mol. The molecule has 0 bridgehead atoms. The number of benzene rings is 1. The van der Waals surface area contributed by atoms with E-state index >= 15 is 0 Å². The Hall–Kier alpha value is -2.47. The van der Waals surface area contributed by atoms with Crippen molar-refractivity contribution in [3.8, 4) is 0 Å². The van der Waals surface area contributed by atoms with E-state index < -0.39 is 0 Å². The van der Waals surface area contributed by atoms with Crippen LogP contribution in [0.1, 0.15) is 23.7 Å². The lowest BCUT2D eigenvalue weighted by Gasteiger charge is -2.25. The maximum Gasteiger partial charge on any atom is 0.244 e. The molecule has 124 valence electrons. The molecule has 1 fully saturated rings. The number of hydrogen-bond acceptors (Lipinski definition) is 5. The van der Waals surface area contributed by atoms with Crippen LogP contribution < -0.4 is 10.2 Å². The molecule has 2 aliphatic rings. The van der Waals surface area contributed by atoms with Crippen molar-refractivity contribution in [1.82, 2.24) is 20.2 Å². The van der Waals surface area contributed by atoms with E-state index in [0.29, 0.717) is 6.54 Å². The van der Waals surface area contributed by atoms with Crippen LogP contribution in [0, 0.1) is 0 Å². The standard InChI is InChI=1S/C18H21N5O/c24-18(17-15-11-19-13-21-16(15)12-20-17)23-8-4-7-22(9-10-23)14-5-2-1-3-6-14/h1-3,5-6,11,13,17,20H,4,7-10,12H2. The summed E-state index contributed by atoms with van der Waals surface area (Å²) in [5.74, 6) is 0.137. The van der Waals surface area contributed by atoms with Crippen molar-refractivity contribution in [2.45, 2.75) is 19.0 Å². The summed E-state index contributed by atoms with van der Waals surface area (Å²) >= 11 is 0. The van der Waals surface area contributed by atoms with Gasteiger partial charge < -0.3 is 9.80 Å². The van der Waals surface area contributed by atoms with Gasteiger partial charge in [0, 0.05) is 50.2 Å². The first-order chi connectivity index (χ1) is 11.8. The van der Waals surface area contributed by atoms with Gasteiger partial charge in [0.1, 0.15) is 12.4 Å². The number of rotatable bonds is 2. The maximum atomic E-state index is 12.9. The summed E-state index contributed by atoms with van der Waals surface area (Å²) in [5.41, 5.74) is 3.08. The minimum absolute atomic E-state index is 0.137. The number of amides is 1. The molecule has 1 aromatic carbocycles. The fourth-order valence-electron chi connectivity index (χ4n) is 3.50. The zero-order valence-electron chi connectivity index (χ0n) is 13.6. The van der Waals surface area contributed by atoms with Crippen LogP contribution >= 0.6 is 0 Å². The van der Waals surface area contributed by atoms with Crippen molar-refractivity contribution < 1.29 is 4.79 Å². The average Bonchev–Trinajstić information content (AvgIpc) is 2.91. The van der Waals surface area contributed by atoms with E-state index in [1.54, 1.807) is 6.20 Å². The summed E-state index contributed by atoms with van der Waals surface area (Å²) in [4.78, 5) is 25.6. The molecule has 1 unspecified atom stereocenters. The summed E-state index contributed by atoms with van der Waals surface area (Å²) in [6.07, 6.45) is 4.28. The van der Waals surface area contributed by atoms with Gasteiger partial charge in [-0.25, -0.2) is 9.97 Å². The molecule has 1 atom stereocenters. The second kappa shape index (κ2) is 6.57. The van der Waals surface area contributed by atoms with Gasteiger partial charge in [-0.1, -0.05) is 18.2 Å². The minimum atomic E-state index is -0.301. The van der Waals surface area contributed by atoms with Crippen LogP contribution in [0.3, 0.4) is 0 Å². The van der Waals surface area contributed by atoms with Crippen molar-refractivity contribution in [3.63, 3.8) is 0 Å². The summed E-state index contributed by atoms with van der Waals surface area (Å²) in [7, 11) is 0. The zero-order chi connectivity index (χ0) is 16.4. The molecule has 4 rings (SSSR count). The van der Waals surface area contributed by atoms with E-state index in [0.717, 1.165) is 43.9 Å². The van der Waals surface area contributed by atoms with Crippen molar-refractivity contribution >= 4 is 11.6 Å². The Morgan fingerprint density at radius 1 is 1.12 bits per heavy atom. The Labute approximate surface area is 141 Å². The Kier molecular flexibility index (Phi) is 4.13. The van der Waals surface area contributed by atoms with Gasteiger partial charge in [-0.2, -0.15) is 0 Å². The number of anilines is 1. The van der Waals surface area contributed by atoms with Crippen molar-refractivity contribution in [2.75, 3.05) is 31.1 Å². The topological polar surface area (TPSA) is 61.4 Å². The van der Waals surface area contributed by atoms with E-state index in [-0.39, 0.29) is 11.9 Å². The second-order valence-electron chi connectivity index (χ2n) is 6.24. The van der Waals surface area contributed by atoms with Gasteiger partial charge in [-0.3, -0.25) is 10.1 Å². The fraction of sp³-hybridized carbons (Fsp3) is 0.389. The number of hydrogen-bond donors (Lipinski definition) is 1. The van der Waals surface area contributed by atoms with Gasteiger partial charge in [0.15, 0.2) is 0 Å². The maximum absolute atomic E-state index is 12.9. The van der Waals surface area contributed by atoms with Crippen molar-refractivity contribution in [2.24, 2.45) is 0 Å². The van der Waals surface area contributed by atoms with Gasteiger partial charge in [0.25, 0.3) is 0 Å². The van der Waals surface area contributed by atoms with Crippen LogP contribution in [0.15, 0.2) is 42.9 Å². The number of aromatic nitrogens is 2. The van der Waals surface area contributed by atoms with Crippen LogP contribution in [-0.2, 0) is 11.3 Å². The highest BCUT2D eigenvalue weighted by molar-refractivity contribution is 5.84. The predicted molar refractivity (Wildman–Crippen MR) is 91.5 cm³/mol. The predicted octanol–water partition coefficient (Wildman–Crippen LogP) is 1.36. The normalized spacial score (nSPS) is 20.6. The zero-order valence-corrected chi connectivity index (χ0v) is 13.6. The molecule has 0 saturated carbocycles. The van der Waals surface area contributed by atoms with E-state index in [2.05, 4.69) is 44.5 Å². The van der Waals surface area contributed by atoms with Gasteiger partial charge in [-0.15, -0.1) is 0 Å². The number of fused-ring (bicyclic) bond motifs is 1. The summed E-state index contributed by atoms with van der Waals surface area (Å²) < 4.78 is 0. The number of carbonyl (C=O) groups excluding carboxylic acids is 1. The highest BCUT2D eigenvalue weighted by Gasteiger charge is 2.33. The number of para-hydroxylation sites is 1. The fourth-order valence-corrected chi connectivity index (χ4v) is 3.50. The Morgan fingerprint density at radius 3 is 2.88 bits per heavy atom. The molecule has 1 aromatic heterocycles. The second-order valence-corrected chi connectivity index (χ2v) is 6.24. The van der Waals surface area contributed by atoms with E-state index in [1.165, 1.54) is 12.0 Å². The third-order valence-corrected chi connectivity index (χ3v) is 4.79. The van der Waals surface area contributed by atoms with Crippen LogP contribution in [0.4, 0.5) is 5.69 Å². The van der Waals surface area contributed by atoms with E-state index in [1.807, 2.05) is 11.0 Å². The number of nitrogens with zero attached hydrogens (tertiary/aromatic N) is 4. The Bertz CT molecular complexity index is 720. The highest BCUT2D eigenvalue weighted by Crippen LogP contribution is 2.25. The molecule has 3 heterocycles. The smallest absolute Gasteiger partial charge is 0.244 e. The highest BCUT2D eigenvalue weighted by atomic mass is 16.2. The summed E-state index contributed by atoms with van der Waals surface area (Å²) in [6.45, 7) is 4.02. The lowest BCUT2D eigenvalue weighted by Crippen LogP contribution is -2.40. The number of nitrogens with one attached hydrogen (secondary N) is 1. The molecule has 24 heavy (non-hydrogen) atoms. The molecule has 1 amide bonds. The van der Waals surface area contributed by atoms with Gasteiger partial charge >= 0.3 is 0 Å². The molecule has 2 aliphatic heterocycles. The molecule has 1 N–H and O–H groups in total. The van der Waals surface area contributed by atoms with Gasteiger partial charge in [0.2, 0.25) is 5.91 Å². The van der Waals surface area contributed by atoms with Crippen LogP contribution in [0.2, 0.25) is 0 Å². The van der Waals surface area contributed by atoms with Crippen molar-refractivity contribution in [1.29, 1.82) is 0 Å². The Morgan fingerprint density at radius 2 is 2.00 bits per heavy atom. The lowest BCUT2D eigenvalue weighted by molar-refractivity contribution is -0.133. The molecule has 0 radical (unpaired) electrons. The molecule has 0 spiro atoms. The summed E-state index contributed by atoms with van der Waals surface area (Å²) in [5, 5.41) is 3.28. The first-order valence-corrected chi connectivity index (χ1v) is 8.44. The number of carbonyl (C=O) groups is 1. The van der Waals surface area contributed by atoms with Gasteiger partial charge in [0.05, 0.1) is 5.69 Å². The van der Waals surface area contributed by atoms with E-state index in [4.69, 9.17) is 0 Å². The SMILES string of the molecule is O=C(C1NCc2ncncc21)N1CCCN(c2ccccc2)CC1. The monoisotopic (exact) mass is 323 g/mol. The molecule has 2 aromatic rings. The molecule has 0 aliphatic carbocycles. The summed E-state index contributed by atoms with van der Waals surface area (Å²) in [6, 6.07) is 10.1. The van der Waals surface area contributed by atoms with Crippen LogP contribution in [0.25, 0.3) is 0 Å². The third kappa shape index (κ3) is 2.85. The molecular weight excluding hydrogens is 302 g/mol. The quantitative estimate of drug-likeness (QED) is 0.904. The van der Waals surface area contributed by atoms with Crippen LogP contribution in [-0.4, -0.2) is 47.0 Å². The first-order valence-electron chi connectivity index (χ1n) is 8.44. The lowest BCUT2D eigenvalue weighted by atomic mass is 10.1. The molecule has 6 heteroatoms. The third-order valence-electron chi connectivity index (χ3n) is 4.79. The van der Waals surface area contributed by atoms with E-state index in [9.17, 15) is 4.79 Å². The molecule has 1 saturated heterocycles. The first kappa shape index (κ1) is 15.1. The van der Waals surface area contributed by atoms with Gasteiger partial charge in [-0.05, 0) is 18.6 Å².